The molecule has 1 atom stereocenters. The molecular weight excluding hydrogens is 234 g/mol. The van der Waals surface area contributed by atoms with Gasteiger partial charge in [-0.25, -0.2) is 23.7 Å². The number of nitrogens with zero attached hydrogens (tertiary/aromatic N) is 1. The summed E-state index contributed by atoms with van der Waals surface area (Å²) in [7, 11) is 1.36. The van der Waals surface area contributed by atoms with Gasteiger partial charge >= 0.3 is 23.0 Å². The normalized spacial score (nSPS) is 12.3. The van der Waals surface area contributed by atoms with Crippen LogP contribution in [0.3, 0.4) is 0 Å². The van der Waals surface area contributed by atoms with Gasteiger partial charge in [-0.3, -0.25) is 9.97 Å². The highest BCUT2D eigenvalue weighted by molar-refractivity contribution is 5.71. The highest BCUT2D eigenvalue weighted by atomic mass is 16.5. The summed E-state index contributed by atoms with van der Waals surface area (Å²) in [6, 6.07) is -1.39. The molecule has 0 aliphatic heterocycles. The van der Waals surface area contributed by atoms with Crippen LogP contribution in [0, 0.1) is 0 Å². The van der Waals surface area contributed by atoms with E-state index in [0.29, 0.717) is 4.57 Å². The topological polar surface area (TPSA) is 134 Å². The maximum absolute atomic E-state index is 11.4. The molecule has 1 rings (SSSR count). The molecule has 9 nitrogen and oxygen atoms in total. The number of hydrogen-bond donors (Lipinski definition) is 3. The summed E-state index contributed by atoms with van der Waals surface area (Å²) < 4.78 is 5.12. The minimum absolute atomic E-state index is 0.0575. The van der Waals surface area contributed by atoms with E-state index in [1.54, 1.807) is 9.97 Å². The number of carbonyl (C=O) groups is 1. The highest BCUT2D eigenvalue weighted by Gasteiger charge is 2.23. The molecule has 0 aromatic carbocycles. The first kappa shape index (κ1) is 12.9. The maximum atomic E-state index is 11.4. The van der Waals surface area contributed by atoms with Gasteiger partial charge in [0.05, 0.1) is 0 Å². The van der Waals surface area contributed by atoms with Crippen molar-refractivity contribution in [2.45, 2.75) is 12.5 Å². The van der Waals surface area contributed by atoms with Crippen molar-refractivity contribution >= 4 is 5.97 Å². The van der Waals surface area contributed by atoms with Crippen molar-refractivity contribution in [1.82, 2.24) is 14.5 Å². The number of rotatable bonds is 5. The summed E-state index contributed by atoms with van der Waals surface area (Å²) in [6.07, 6.45) is -0.0686. The van der Waals surface area contributed by atoms with E-state index in [1.807, 2.05) is 0 Å². The van der Waals surface area contributed by atoms with Gasteiger partial charge in [0.25, 0.3) is 0 Å². The average Bonchev–Trinajstić information content (AvgIpc) is 2.20. The summed E-state index contributed by atoms with van der Waals surface area (Å²) in [5, 5.41) is 8.91. The molecule has 1 aromatic rings. The lowest BCUT2D eigenvalue weighted by molar-refractivity contribution is -0.141. The molecule has 0 spiro atoms. The lowest BCUT2D eigenvalue weighted by atomic mass is 10.2. The second-order valence-corrected chi connectivity index (χ2v) is 3.19. The number of aliphatic carboxylic acids is 1. The van der Waals surface area contributed by atoms with Crippen LogP contribution >= 0.6 is 0 Å². The molecule has 9 heteroatoms. The largest absolute Gasteiger partial charge is 0.480 e. The quantitative estimate of drug-likeness (QED) is 0.543. The van der Waals surface area contributed by atoms with Crippen molar-refractivity contribution in [2.75, 3.05) is 13.7 Å². The zero-order valence-corrected chi connectivity index (χ0v) is 8.93. The fourth-order valence-electron chi connectivity index (χ4n) is 1.31. The Morgan fingerprint density at radius 1 is 1.35 bits per heavy atom. The number of aromatic nitrogens is 3. The number of aromatic amines is 2. The Hall–Kier alpha value is -2.16. The van der Waals surface area contributed by atoms with Gasteiger partial charge in [0.1, 0.15) is 6.04 Å². The molecular formula is C8H11N3O6. The summed E-state index contributed by atoms with van der Waals surface area (Å²) in [5.41, 5.74) is -3.11. The Kier molecular flexibility index (Phi) is 3.99. The van der Waals surface area contributed by atoms with Crippen molar-refractivity contribution in [2.24, 2.45) is 0 Å². The molecule has 0 amide bonds. The van der Waals surface area contributed by atoms with Gasteiger partial charge < -0.3 is 9.84 Å². The molecule has 1 unspecified atom stereocenters. The van der Waals surface area contributed by atoms with E-state index >= 15 is 0 Å². The first-order chi connectivity index (χ1) is 7.97. The summed E-state index contributed by atoms with van der Waals surface area (Å²) in [6.45, 7) is 0.0575. The van der Waals surface area contributed by atoms with Crippen LogP contribution < -0.4 is 17.1 Å². The molecule has 1 aromatic heterocycles. The SMILES string of the molecule is COCCC(C(=O)O)n1c(=O)[nH]c(=O)[nH]c1=O. The van der Waals surface area contributed by atoms with Gasteiger partial charge in [-0.05, 0) is 0 Å². The van der Waals surface area contributed by atoms with Crippen molar-refractivity contribution in [3.8, 4) is 0 Å². The maximum Gasteiger partial charge on any atom is 0.334 e. The predicted octanol–water partition coefficient (Wildman–Crippen LogP) is -2.11. The fourth-order valence-corrected chi connectivity index (χ4v) is 1.31. The molecule has 0 radical (unpaired) electrons. The van der Waals surface area contributed by atoms with Gasteiger partial charge in [0.2, 0.25) is 0 Å². The number of methoxy groups -OCH3 is 1. The standard InChI is InChI=1S/C8H11N3O6/c1-17-3-2-4(5(12)13)11-7(15)9-6(14)10-8(11)16/h4H,2-3H2,1H3,(H,12,13)(H2,9,10,14,15,16). The molecule has 0 aliphatic carbocycles. The van der Waals surface area contributed by atoms with Crippen LogP contribution in [0.25, 0.3) is 0 Å². The second-order valence-electron chi connectivity index (χ2n) is 3.19. The number of carboxylic acid groups (broad SMARTS) is 1. The monoisotopic (exact) mass is 245 g/mol. The molecule has 0 aliphatic rings. The van der Waals surface area contributed by atoms with E-state index in [9.17, 15) is 19.2 Å². The van der Waals surface area contributed by atoms with Crippen molar-refractivity contribution in [3.05, 3.63) is 31.5 Å². The van der Waals surface area contributed by atoms with Gasteiger partial charge in [0, 0.05) is 20.1 Å². The number of hydrogen-bond acceptors (Lipinski definition) is 5. The molecule has 3 N–H and O–H groups in total. The highest BCUT2D eigenvalue weighted by Crippen LogP contribution is 2.05. The van der Waals surface area contributed by atoms with E-state index in [2.05, 4.69) is 4.74 Å². The van der Waals surface area contributed by atoms with Crippen LogP contribution in [0.1, 0.15) is 12.5 Å². The average molecular weight is 245 g/mol. The smallest absolute Gasteiger partial charge is 0.334 e. The Morgan fingerprint density at radius 2 is 1.88 bits per heavy atom. The van der Waals surface area contributed by atoms with Gasteiger partial charge in [-0.15, -0.1) is 0 Å². The van der Waals surface area contributed by atoms with Crippen molar-refractivity contribution in [1.29, 1.82) is 0 Å². The number of carboxylic acids is 1. The third-order valence-corrected chi connectivity index (χ3v) is 2.07. The second kappa shape index (κ2) is 5.25. The van der Waals surface area contributed by atoms with Crippen LogP contribution in [-0.4, -0.2) is 39.3 Å². The van der Waals surface area contributed by atoms with Crippen molar-refractivity contribution in [3.63, 3.8) is 0 Å². The van der Waals surface area contributed by atoms with Gasteiger partial charge in [-0.1, -0.05) is 0 Å². The Labute approximate surface area is 93.7 Å². The van der Waals surface area contributed by atoms with Gasteiger partial charge in [-0.2, -0.15) is 0 Å². The van der Waals surface area contributed by atoms with E-state index in [0.717, 1.165) is 0 Å². The third kappa shape index (κ3) is 2.91. The summed E-state index contributed by atoms with van der Waals surface area (Å²) >= 11 is 0. The van der Waals surface area contributed by atoms with E-state index in [4.69, 9.17) is 5.11 Å². The lowest BCUT2D eigenvalue weighted by Gasteiger charge is -2.12. The van der Waals surface area contributed by atoms with Crippen LogP contribution in [0.5, 0.6) is 0 Å². The summed E-state index contributed by atoms with van der Waals surface area (Å²) in [5.74, 6) is -1.36. The predicted molar refractivity (Wildman–Crippen MR) is 55.1 cm³/mol. The third-order valence-electron chi connectivity index (χ3n) is 2.07. The molecule has 0 saturated heterocycles. The number of H-pyrrole nitrogens is 2. The Morgan fingerprint density at radius 3 is 2.29 bits per heavy atom. The zero-order valence-electron chi connectivity index (χ0n) is 8.93. The summed E-state index contributed by atoms with van der Waals surface area (Å²) in [4.78, 5) is 48.0. The zero-order chi connectivity index (χ0) is 13.0. The van der Waals surface area contributed by atoms with Crippen LogP contribution in [0.4, 0.5) is 0 Å². The van der Waals surface area contributed by atoms with Crippen LogP contribution in [0.2, 0.25) is 0 Å². The number of nitrogens with one attached hydrogen (secondary N) is 2. The first-order valence-corrected chi connectivity index (χ1v) is 4.64. The Bertz CT molecular complexity index is 533. The molecule has 17 heavy (non-hydrogen) atoms. The fraction of sp³-hybridized carbons (Fsp3) is 0.500. The molecule has 0 fully saturated rings. The minimum Gasteiger partial charge on any atom is -0.480 e. The minimum atomic E-state index is -1.39. The first-order valence-electron chi connectivity index (χ1n) is 4.64. The Balaban J connectivity index is 3.29. The van der Waals surface area contributed by atoms with Crippen molar-refractivity contribution < 1.29 is 14.6 Å². The molecule has 0 bridgehead atoms. The van der Waals surface area contributed by atoms with E-state index in [-0.39, 0.29) is 13.0 Å². The lowest BCUT2D eigenvalue weighted by Crippen LogP contribution is -2.47. The van der Waals surface area contributed by atoms with Crippen LogP contribution in [-0.2, 0) is 9.53 Å². The van der Waals surface area contributed by atoms with Gasteiger partial charge in [0.15, 0.2) is 0 Å². The van der Waals surface area contributed by atoms with E-state index < -0.39 is 29.1 Å². The molecule has 0 saturated carbocycles. The van der Waals surface area contributed by atoms with E-state index in [1.165, 1.54) is 7.11 Å². The molecule has 1 heterocycles. The number of ether oxygens (including phenoxy) is 1. The van der Waals surface area contributed by atoms with Crippen LogP contribution in [0.15, 0.2) is 14.4 Å². The molecule has 94 valence electrons.